The highest BCUT2D eigenvalue weighted by molar-refractivity contribution is 6.32. The molecule has 0 aliphatic heterocycles. The lowest BCUT2D eigenvalue weighted by molar-refractivity contribution is -0.384. The molecule has 180 valence electrons. The number of nitro benzene ring substituents is 1. The molecule has 36 heavy (non-hydrogen) atoms. The number of nitrogens with one attached hydrogen (secondary N) is 3. The van der Waals surface area contributed by atoms with E-state index in [-0.39, 0.29) is 21.8 Å². The number of carbonyl (C=O) groups excluding carboxylic acids is 2. The van der Waals surface area contributed by atoms with Gasteiger partial charge in [0.1, 0.15) is 10.7 Å². The third-order valence-electron chi connectivity index (χ3n) is 5.13. The number of carbonyl (C=O) groups is 2. The van der Waals surface area contributed by atoms with Crippen molar-refractivity contribution >= 4 is 46.1 Å². The zero-order chi connectivity index (χ0) is 25.7. The number of rotatable bonds is 7. The van der Waals surface area contributed by atoms with Crippen molar-refractivity contribution < 1.29 is 14.5 Å². The Labute approximate surface area is 208 Å². The number of aromatic amines is 1. The molecule has 2 amide bonds. The van der Waals surface area contributed by atoms with Crippen LogP contribution in [0.25, 0.3) is 10.8 Å². The number of aromatic nitrogens is 2. The Hall–Kier alpha value is -4.90. The van der Waals surface area contributed by atoms with Gasteiger partial charge in [-0.2, -0.15) is 10.2 Å². The molecule has 3 N–H and O–H groups in total. The minimum atomic E-state index is -1.34. The van der Waals surface area contributed by atoms with Crippen LogP contribution in [-0.2, 0) is 4.79 Å². The van der Waals surface area contributed by atoms with Gasteiger partial charge in [0.25, 0.3) is 23.1 Å². The van der Waals surface area contributed by atoms with Gasteiger partial charge < -0.3 is 5.32 Å². The summed E-state index contributed by atoms with van der Waals surface area (Å²) in [5.41, 5.74) is 2.26. The van der Waals surface area contributed by atoms with Crippen molar-refractivity contribution in [3.05, 3.63) is 115 Å². The van der Waals surface area contributed by atoms with Crippen LogP contribution in [0.5, 0.6) is 0 Å². The number of nitrogens with zero attached hydrogens (tertiary/aromatic N) is 3. The van der Waals surface area contributed by atoms with Crippen molar-refractivity contribution in [3.63, 3.8) is 0 Å². The van der Waals surface area contributed by atoms with Crippen LogP contribution < -0.4 is 16.3 Å². The molecular weight excluding hydrogens is 488 g/mol. The molecular formula is C24H17ClN6O5. The van der Waals surface area contributed by atoms with Crippen molar-refractivity contribution in [1.82, 2.24) is 20.9 Å². The van der Waals surface area contributed by atoms with Gasteiger partial charge in [0.2, 0.25) is 0 Å². The summed E-state index contributed by atoms with van der Waals surface area (Å²) in [7, 11) is 0. The minimum absolute atomic E-state index is 0.0408. The van der Waals surface area contributed by atoms with Gasteiger partial charge in [0.05, 0.1) is 16.5 Å². The molecule has 11 nitrogen and oxygen atoms in total. The quantitative estimate of drug-likeness (QED) is 0.199. The smallest absolute Gasteiger partial charge is 0.288 e. The summed E-state index contributed by atoms with van der Waals surface area (Å²) in [6, 6.07) is 17.4. The second kappa shape index (κ2) is 10.6. The Bertz CT molecular complexity index is 1550. The highest BCUT2D eigenvalue weighted by Crippen LogP contribution is 2.24. The normalized spacial score (nSPS) is 11.8. The first-order valence-electron chi connectivity index (χ1n) is 10.4. The lowest BCUT2D eigenvalue weighted by atomic mass is 10.0. The fourth-order valence-electron chi connectivity index (χ4n) is 3.40. The van der Waals surface area contributed by atoms with Crippen molar-refractivity contribution in [2.75, 3.05) is 0 Å². The first-order chi connectivity index (χ1) is 17.3. The summed E-state index contributed by atoms with van der Waals surface area (Å²) < 4.78 is 0. The number of amides is 2. The molecule has 4 rings (SSSR count). The summed E-state index contributed by atoms with van der Waals surface area (Å²) in [4.78, 5) is 48.7. The van der Waals surface area contributed by atoms with Crippen LogP contribution in [0, 0.1) is 10.1 Å². The van der Waals surface area contributed by atoms with E-state index >= 15 is 0 Å². The predicted molar refractivity (Wildman–Crippen MR) is 133 cm³/mol. The molecule has 12 heteroatoms. The average Bonchev–Trinajstić information content (AvgIpc) is 2.89. The number of fused-ring (bicyclic) bond motifs is 1. The summed E-state index contributed by atoms with van der Waals surface area (Å²) >= 11 is 5.81. The molecule has 0 saturated heterocycles. The summed E-state index contributed by atoms with van der Waals surface area (Å²) in [6.07, 6.45) is 1.19. The number of benzene rings is 3. The second-order valence-electron chi connectivity index (χ2n) is 7.46. The van der Waals surface area contributed by atoms with Crippen molar-refractivity contribution in [2.45, 2.75) is 6.04 Å². The van der Waals surface area contributed by atoms with E-state index in [1.54, 1.807) is 54.6 Å². The Morgan fingerprint density at radius 3 is 2.47 bits per heavy atom. The maximum atomic E-state index is 13.2. The molecule has 3 aromatic carbocycles. The summed E-state index contributed by atoms with van der Waals surface area (Å²) in [5, 5.41) is 24.5. The van der Waals surface area contributed by atoms with Gasteiger partial charge in [-0.3, -0.25) is 24.5 Å². The maximum absolute atomic E-state index is 13.2. The molecule has 1 atom stereocenters. The number of hydrazone groups is 1. The topological polar surface area (TPSA) is 159 Å². The molecule has 4 aromatic rings. The molecule has 0 fully saturated rings. The van der Waals surface area contributed by atoms with E-state index in [9.17, 15) is 24.5 Å². The SMILES string of the molecule is O=C(NC(C(=O)N/N=C\c1ccc(Cl)c([N+](=O)[O-])c1)c1n[nH]c(=O)c2ccccc12)c1ccccc1. The molecule has 0 saturated carbocycles. The molecule has 1 aromatic heterocycles. The summed E-state index contributed by atoms with van der Waals surface area (Å²) in [6.45, 7) is 0. The maximum Gasteiger partial charge on any atom is 0.288 e. The highest BCUT2D eigenvalue weighted by Gasteiger charge is 2.27. The predicted octanol–water partition coefficient (Wildman–Crippen LogP) is 3.11. The Morgan fingerprint density at radius 2 is 1.75 bits per heavy atom. The standard InChI is InChI=1S/C24H17ClN6O5/c25-18-11-10-14(12-19(18)31(35)36)13-26-29-24(34)21(27-22(32)15-6-2-1-3-7-15)20-16-8-4-5-9-17(16)23(33)30-28-20/h1-13,21H,(H,27,32)(H,29,34)(H,30,33)/b26-13-. The number of H-pyrrole nitrogens is 1. The molecule has 0 aliphatic rings. The highest BCUT2D eigenvalue weighted by atomic mass is 35.5. The van der Waals surface area contributed by atoms with Crippen molar-refractivity contribution in [2.24, 2.45) is 5.10 Å². The minimum Gasteiger partial charge on any atom is -0.335 e. The molecule has 0 bridgehead atoms. The van der Waals surface area contributed by atoms with Crippen LogP contribution in [-0.4, -0.2) is 33.1 Å². The van der Waals surface area contributed by atoms with Crippen LogP contribution in [0.2, 0.25) is 5.02 Å². The van der Waals surface area contributed by atoms with Gasteiger partial charge in [-0.1, -0.05) is 54.1 Å². The van der Waals surface area contributed by atoms with Crippen LogP contribution in [0.4, 0.5) is 5.69 Å². The van der Waals surface area contributed by atoms with Gasteiger partial charge in [-0.25, -0.2) is 10.5 Å². The number of hydrogen-bond donors (Lipinski definition) is 3. The third-order valence-corrected chi connectivity index (χ3v) is 5.45. The molecule has 1 unspecified atom stereocenters. The first kappa shape index (κ1) is 24.2. The lowest BCUT2D eigenvalue weighted by Crippen LogP contribution is -2.40. The van der Waals surface area contributed by atoms with Gasteiger partial charge >= 0.3 is 0 Å². The van der Waals surface area contributed by atoms with Gasteiger partial charge in [0, 0.05) is 22.6 Å². The van der Waals surface area contributed by atoms with Crippen LogP contribution in [0.15, 0.2) is 82.7 Å². The average molecular weight is 505 g/mol. The van der Waals surface area contributed by atoms with Gasteiger partial charge in [0.15, 0.2) is 6.04 Å². The van der Waals surface area contributed by atoms with Gasteiger partial charge in [-0.05, 0) is 24.3 Å². The third kappa shape index (κ3) is 5.26. The number of halogens is 1. The fourth-order valence-corrected chi connectivity index (χ4v) is 3.59. The van der Waals surface area contributed by atoms with Gasteiger partial charge in [-0.15, -0.1) is 0 Å². The molecule has 0 aliphatic carbocycles. The number of nitro groups is 1. The Morgan fingerprint density at radius 1 is 1.06 bits per heavy atom. The zero-order valence-corrected chi connectivity index (χ0v) is 19.1. The second-order valence-corrected chi connectivity index (χ2v) is 7.87. The van der Waals surface area contributed by atoms with E-state index in [1.807, 2.05) is 0 Å². The van der Waals surface area contributed by atoms with E-state index in [4.69, 9.17) is 11.6 Å². The molecule has 0 radical (unpaired) electrons. The van der Waals surface area contributed by atoms with Crippen molar-refractivity contribution in [3.8, 4) is 0 Å². The van der Waals surface area contributed by atoms with Crippen molar-refractivity contribution in [1.29, 1.82) is 0 Å². The number of hydrogen-bond acceptors (Lipinski definition) is 7. The Balaban J connectivity index is 1.66. The van der Waals surface area contributed by atoms with Crippen LogP contribution in [0.1, 0.15) is 27.7 Å². The van der Waals surface area contributed by atoms with E-state index in [1.165, 1.54) is 24.4 Å². The van der Waals surface area contributed by atoms with E-state index < -0.39 is 28.3 Å². The van der Waals surface area contributed by atoms with E-state index in [0.29, 0.717) is 16.5 Å². The summed E-state index contributed by atoms with van der Waals surface area (Å²) in [5.74, 6) is -1.31. The lowest BCUT2D eigenvalue weighted by Gasteiger charge is -2.18. The molecule has 1 heterocycles. The van der Waals surface area contributed by atoms with E-state index in [2.05, 4.69) is 26.0 Å². The largest absolute Gasteiger partial charge is 0.335 e. The zero-order valence-electron chi connectivity index (χ0n) is 18.3. The van der Waals surface area contributed by atoms with Crippen LogP contribution >= 0.6 is 11.6 Å². The monoisotopic (exact) mass is 504 g/mol. The van der Waals surface area contributed by atoms with E-state index in [0.717, 1.165) is 0 Å². The fraction of sp³-hybridized carbons (Fsp3) is 0.0417. The molecule has 0 spiro atoms. The van der Waals surface area contributed by atoms with Crippen LogP contribution in [0.3, 0.4) is 0 Å². The Kier molecular flexibility index (Phi) is 7.12. The first-order valence-corrected chi connectivity index (χ1v) is 10.8.